The minimum absolute atomic E-state index is 0.0574. The molecule has 1 aliphatic heterocycles. The number of rotatable bonds is 3. The Morgan fingerprint density at radius 1 is 1.20 bits per heavy atom. The summed E-state index contributed by atoms with van der Waals surface area (Å²) in [6, 6.07) is -0.525. The van der Waals surface area contributed by atoms with Crippen LogP contribution in [0.25, 0.3) is 0 Å². The molecule has 6 heteroatoms. The molecule has 0 aromatic rings. The second-order valence-corrected chi connectivity index (χ2v) is 6.99. The van der Waals surface area contributed by atoms with Gasteiger partial charge < -0.3 is 20.1 Å². The lowest BCUT2D eigenvalue weighted by Crippen LogP contribution is -2.49. The van der Waals surface area contributed by atoms with Crippen LogP contribution in [0.15, 0.2) is 0 Å². The van der Waals surface area contributed by atoms with E-state index in [1.54, 1.807) is 7.05 Å². The van der Waals surface area contributed by atoms with Gasteiger partial charge in [-0.3, -0.25) is 4.79 Å². The molecule has 2 unspecified atom stereocenters. The van der Waals surface area contributed by atoms with E-state index in [2.05, 4.69) is 33.0 Å². The van der Waals surface area contributed by atoms with Gasteiger partial charge in [-0.25, -0.2) is 4.79 Å². The van der Waals surface area contributed by atoms with Crippen LogP contribution < -0.4 is 5.32 Å². The normalized spacial score (nSPS) is 30.9. The van der Waals surface area contributed by atoms with Crippen molar-refractivity contribution in [3.63, 3.8) is 0 Å². The van der Waals surface area contributed by atoms with Gasteiger partial charge in [0.2, 0.25) is 0 Å². The number of hydrogen-bond donors (Lipinski definition) is 2. The second-order valence-electron chi connectivity index (χ2n) is 6.99. The summed E-state index contributed by atoms with van der Waals surface area (Å²) in [4.78, 5) is 24.9. The fraction of sp³-hybridized carbons (Fsp3) is 0.857. The number of nitrogens with zero attached hydrogens (tertiary/aromatic N) is 1. The topological polar surface area (TPSA) is 78.9 Å². The first-order valence-corrected chi connectivity index (χ1v) is 6.94. The SMILES string of the molecule is CN(C(=O)NC1C(C)(C)C1(C)C)C1COCC1C(=O)O. The van der Waals surface area contributed by atoms with Gasteiger partial charge in [-0.2, -0.15) is 0 Å². The van der Waals surface area contributed by atoms with Crippen molar-refractivity contribution in [1.29, 1.82) is 0 Å². The van der Waals surface area contributed by atoms with Crippen molar-refractivity contribution >= 4 is 12.0 Å². The standard InChI is InChI=1S/C14H24N2O4/c1-13(2)11(14(13,3)4)15-12(19)16(5)9-7-20-6-8(9)10(17)18/h8-9,11H,6-7H2,1-5H3,(H,15,19)(H,17,18). The highest BCUT2D eigenvalue weighted by Gasteiger charge is 2.65. The largest absolute Gasteiger partial charge is 0.481 e. The van der Waals surface area contributed by atoms with E-state index in [0.29, 0.717) is 0 Å². The summed E-state index contributed by atoms with van der Waals surface area (Å²) in [5.74, 6) is -1.56. The van der Waals surface area contributed by atoms with E-state index >= 15 is 0 Å². The third-order valence-electron chi connectivity index (χ3n) is 5.47. The molecule has 2 atom stereocenters. The van der Waals surface area contributed by atoms with Crippen LogP contribution in [0.5, 0.6) is 0 Å². The smallest absolute Gasteiger partial charge is 0.317 e. The van der Waals surface area contributed by atoms with Gasteiger partial charge in [0.05, 0.1) is 19.3 Å². The van der Waals surface area contributed by atoms with Gasteiger partial charge in [0.15, 0.2) is 0 Å². The average Bonchev–Trinajstić information content (AvgIpc) is 2.78. The van der Waals surface area contributed by atoms with E-state index in [4.69, 9.17) is 9.84 Å². The van der Waals surface area contributed by atoms with Gasteiger partial charge in [0, 0.05) is 13.1 Å². The van der Waals surface area contributed by atoms with E-state index in [1.807, 2.05) is 0 Å². The minimum Gasteiger partial charge on any atom is -0.481 e. The van der Waals surface area contributed by atoms with Crippen molar-refractivity contribution in [1.82, 2.24) is 10.2 Å². The van der Waals surface area contributed by atoms with Crippen molar-refractivity contribution in [2.24, 2.45) is 16.7 Å². The lowest BCUT2D eigenvalue weighted by molar-refractivity contribution is -0.142. The highest BCUT2D eigenvalue weighted by molar-refractivity contribution is 5.78. The first-order valence-electron chi connectivity index (χ1n) is 6.94. The van der Waals surface area contributed by atoms with Crippen LogP contribution in [0, 0.1) is 16.7 Å². The van der Waals surface area contributed by atoms with Crippen molar-refractivity contribution in [3.05, 3.63) is 0 Å². The monoisotopic (exact) mass is 284 g/mol. The summed E-state index contributed by atoms with van der Waals surface area (Å²) in [5.41, 5.74) is 0.115. The zero-order valence-electron chi connectivity index (χ0n) is 12.8. The fourth-order valence-corrected chi connectivity index (χ4v) is 3.09. The summed E-state index contributed by atoms with van der Waals surface area (Å²) in [7, 11) is 1.63. The summed E-state index contributed by atoms with van der Waals surface area (Å²) in [5, 5.41) is 12.1. The van der Waals surface area contributed by atoms with Crippen LogP contribution in [0.4, 0.5) is 4.79 Å². The number of carboxylic acid groups (broad SMARTS) is 1. The summed E-state index contributed by atoms with van der Waals surface area (Å²) in [6.45, 7) is 8.93. The van der Waals surface area contributed by atoms with Crippen LogP contribution in [0.1, 0.15) is 27.7 Å². The maximum Gasteiger partial charge on any atom is 0.317 e. The molecular formula is C14H24N2O4. The van der Waals surface area contributed by atoms with Gasteiger partial charge in [0.25, 0.3) is 0 Å². The Morgan fingerprint density at radius 3 is 2.20 bits per heavy atom. The third kappa shape index (κ3) is 2.16. The molecule has 1 aliphatic carbocycles. The zero-order chi connectivity index (χ0) is 15.3. The van der Waals surface area contributed by atoms with Crippen LogP contribution >= 0.6 is 0 Å². The highest BCUT2D eigenvalue weighted by atomic mass is 16.5. The summed E-state index contributed by atoms with van der Waals surface area (Å²) >= 11 is 0. The molecule has 2 N–H and O–H groups in total. The summed E-state index contributed by atoms with van der Waals surface area (Å²) in [6.07, 6.45) is 0. The summed E-state index contributed by atoms with van der Waals surface area (Å²) < 4.78 is 5.20. The van der Waals surface area contributed by atoms with Gasteiger partial charge in [-0.05, 0) is 10.8 Å². The molecule has 0 radical (unpaired) electrons. The average molecular weight is 284 g/mol. The molecule has 0 aromatic heterocycles. The van der Waals surface area contributed by atoms with Crippen molar-refractivity contribution in [2.45, 2.75) is 39.8 Å². The van der Waals surface area contributed by atoms with E-state index < -0.39 is 17.9 Å². The number of hydrogen-bond acceptors (Lipinski definition) is 3. The van der Waals surface area contributed by atoms with Crippen molar-refractivity contribution < 1.29 is 19.4 Å². The van der Waals surface area contributed by atoms with Crippen LogP contribution in [-0.4, -0.2) is 54.4 Å². The maximum atomic E-state index is 12.3. The highest BCUT2D eigenvalue weighted by Crippen LogP contribution is 2.62. The molecule has 0 bridgehead atoms. The zero-order valence-corrected chi connectivity index (χ0v) is 12.8. The molecule has 114 valence electrons. The number of amides is 2. The Kier molecular flexibility index (Phi) is 3.48. The number of aliphatic carboxylic acids is 1. The van der Waals surface area contributed by atoms with Gasteiger partial charge in [0.1, 0.15) is 5.92 Å². The Hall–Kier alpha value is -1.30. The van der Waals surface area contributed by atoms with E-state index in [1.165, 1.54) is 4.90 Å². The number of urea groups is 1. The van der Waals surface area contributed by atoms with E-state index in [9.17, 15) is 9.59 Å². The van der Waals surface area contributed by atoms with Crippen LogP contribution in [-0.2, 0) is 9.53 Å². The number of nitrogens with one attached hydrogen (secondary N) is 1. The van der Waals surface area contributed by atoms with Crippen LogP contribution in [0.3, 0.4) is 0 Å². The second kappa shape index (κ2) is 4.62. The number of carbonyl (C=O) groups is 2. The molecule has 1 saturated heterocycles. The number of carbonyl (C=O) groups excluding carboxylic acids is 1. The Bertz CT molecular complexity index is 419. The van der Waals surface area contributed by atoms with Gasteiger partial charge in [-0.15, -0.1) is 0 Å². The Balaban J connectivity index is 1.98. The molecule has 2 amide bonds. The predicted octanol–water partition coefficient (Wildman–Crippen LogP) is 1.16. The molecule has 20 heavy (non-hydrogen) atoms. The van der Waals surface area contributed by atoms with Crippen molar-refractivity contribution in [2.75, 3.05) is 20.3 Å². The molecule has 1 saturated carbocycles. The predicted molar refractivity (Wildman–Crippen MR) is 73.4 cm³/mol. The van der Waals surface area contributed by atoms with Crippen LogP contribution in [0.2, 0.25) is 0 Å². The minimum atomic E-state index is -0.917. The first kappa shape index (κ1) is 15.1. The third-order valence-corrected chi connectivity index (χ3v) is 5.47. The first-order chi connectivity index (χ1) is 9.10. The van der Waals surface area contributed by atoms with Gasteiger partial charge in [-0.1, -0.05) is 27.7 Å². The molecule has 2 aliphatic rings. The van der Waals surface area contributed by atoms with Crippen molar-refractivity contribution in [3.8, 4) is 0 Å². The molecule has 0 aromatic carbocycles. The fourth-order valence-electron chi connectivity index (χ4n) is 3.09. The number of carboxylic acids is 1. The lowest BCUT2D eigenvalue weighted by Gasteiger charge is -2.27. The quantitative estimate of drug-likeness (QED) is 0.815. The van der Waals surface area contributed by atoms with E-state index in [0.717, 1.165) is 0 Å². The number of likely N-dealkylation sites (N-methyl/N-ethyl adjacent to an activating group) is 1. The van der Waals surface area contributed by atoms with E-state index in [-0.39, 0.29) is 36.1 Å². The van der Waals surface area contributed by atoms with Gasteiger partial charge >= 0.3 is 12.0 Å². The molecule has 2 fully saturated rings. The molecule has 1 heterocycles. The molecular weight excluding hydrogens is 260 g/mol. The molecule has 6 nitrogen and oxygen atoms in total. The Labute approximate surface area is 119 Å². The Morgan fingerprint density at radius 2 is 1.75 bits per heavy atom. The molecule has 2 rings (SSSR count). The maximum absolute atomic E-state index is 12.3. The lowest BCUT2D eigenvalue weighted by atomic mass is 10.0. The number of ether oxygens (including phenoxy) is 1. The molecule has 0 spiro atoms.